The van der Waals surface area contributed by atoms with Crippen LogP contribution in [0.4, 0.5) is 11.4 Å². The molecule has 0 saturated carbocycles. The number of anilines is 2. The van der Waals surface area contributed by atoms with Gasteiger partial charge in [0, 0.05) is 48.3 Å². The van der Waals surface area contributed by atoms with Gasteiger partial charge >= 0.3 is 0 Å². The second-order valence-corrected chi connectivity index (χ2v) is 8.19. The van der Waals surface area contributed by atoms with Gasteiger partial charge in [0.1, 0.15) is 0 Å². The number of hydrogen-bond donors (Lipinski definition) is 2. The van der Waals surface area contributed by atoms with E-state index in [4.69, 9.17) is 0 Å². The quantitative estimate of drug-likeness (QED) is 0.630. The average molecular weight is 389 g/mol. The third kappa shape index (κ3) is 4.10. The van der Waals surface area contributed by atoms with Crippen molar-refractivity contribution < 1.29 is 4.79 Å². The summed E-state index contributed by atoms with van der Waals surface area (Å²) < 4.78 is 0. The summed E-state index contributed by atoms with van der Waals surface area (Å²) in [6.07, 6.45) is 5.03. The Bertz CT molecular complexity index is 979. The Kier molecular flexibility index (Phi) is 5.49. The molecule has 1 aromatic carbocycles. The Hall–Kier alpha value is -2.92. The van der Waals surface area contributed by atoms with Gasteiger partial charge in [0.2, 0.25) is 0 Å². The maximum Gasteiger partial charge on any atom is 0.167 e. The zero-order valence-electron chi connectivity index (χ0n) is 17.3. The first kappa shape index (κ1) is 19.4. The summed E-state index contributed by atoms with van der Waals surface area (Å²) in [4.78, 5) is 23.2. The predicted molar refractivity (Wildman–Crippen MR) is 118 cm³/mol. The van der Waals surface area contributed by atoms with E-state index in [1.807, 2.05) is 42.5 Å². The van der Waals surface area contributed by atoms with Crippen LogP contribution in [-0.2, 0) is 6.42 Å². The van der Waals surface area contributed by atoms with Gasteiger partial charge in [-0.3, -0.25) is 9.78 Å². The second-order valence-electron chi connectivity index (χ2n) is 8.19. The minimum absolute atomic E-state index is 0.211. The standard InChI is InChI=1S/C24H28N4O/c1-16(2)28(3)15-17-13-20-22(21(29)14-17)24(26-19-7-5-4-6-8-19)23(27-20)18-9-11-25-12-10-18/h4-12,16-17,26-27H,13-15H2,1-3H3. The van der Waals surface area contributed by atoms with Crippen LogP contribution in [0.3, 0.4) is 0 Å². The number of carbonyl (C=O) groups excluding carboxylic acids is 1. The van der Waals surface area contributed by atoms with Crippen LogP contribution < -0.4 is 5.32 Å². The van der Waals surface area contributed by atoms with Crippen LogP contribution in [0.1, 0.15) is 36.3 Å². The van der Waals surface area contributed by atoms with E-state index < -0.39 is 0 Å². The number of nitrogens with one attached hydrogen (secondary N) is 2. The number of aromatic amines is 1. The number of H-pyrrole nitrogens is 1. The molecule has 0 saturated heterocycles. The van der Waals surface area contributed by atoms with Gasteiger partial charge in [-0.05, 0) is 57.5 Å². The molecule has 0 radical (unpaired) electrons. The van der Waals surface area contributed by atoms with Crippen LogP contribution in [-0.4, -0.2) is 40.3 Å². The fourth-order valence-corrected chi connectivity index (χ4v) is 4.01. The highest BCUT2D eigenvalue weighted by Crippen LogP contribution is 2.39. The van der Waals surface area contributed by atoms with E-state index >= 15 is 0 Å². The minimum Gasteiger partial charge on any atom is -0.356 e. The van der Waals surface area contributed by atoms with Crippen molar-refractivity contribution in [1.82, 2.24) is 14.9 Å². The van der Waals surface area contributed by atoms with Crippen LogP contribution in [0, 0.1) is 5.92 Å². The zero-order valence-corrected chi connectivity index (χ0v) is 17.3. The fraction of sp³-hybridized carbons (Fsp3) is 0.333. The lowest BCUT2D eigenvalue weighted by Crippen LogP contribution is -2.35. The molecule has 1 aliphatic carbocycles. The molecule has 1 aliphatic rings. The van der Waals surface area contributed by atoms with Crippen molar-refractivity contribution in [2.24, 2.45) is 5.92 Å². The van der Waals surface area contributed by atoms with E-state index in [9.17, 15) is 4.79 Å². The van der Waals surface area contributed by atoms with Gasteiger partial charge in [0.05, 0.1) is 16.9 Å². The lowest BCUT2D eigenvalue weighted by Gasteiger charge is -2.29. The van der Waals surface area contributed by atoms with Crippen molar-refractivity contribution in [2.45, 2.75) is 32.7 Å². The second kappa shape index (κ2) is 8.21. The Morgan fingerprint density at radius 2 is 1.86 bits per heavy atom. The first-order chi connectivity index (χ1) is 14.0. The van der Waals surface area contributed by atoms with Crippen LogP contribution in [0.5, 0.6) is 0 Å². The van der Waals surface area contributed by atoms with Gasteiger partial charge in [-0.2, -0.15) is 0 Å². The predicted octanol–water partition coefficient (Wildman–Crippen LogP) is 4.91. The zero-order chi connectivity index (χ0) is 20.4. The summed E-state index contributed by atoms with van der Waals surface area (Å²) in [6, 6.07) is 14.4. The number of para-hydroxylation sites is 1. The van der Waals surface area contributed by atoms with Gasteiger partial charge in [0.25, 0.3) is 0 Å². The first-order valence-corrected chi connectivity index (χ1v) is 10.2. The molecule has 3 aromatic rings. The van der Waals surface area contributed by atoms with Crippen molar-refractivity contribution in [3.8, 4) is 11.3 Å². The van der Waals surface area contributed by atoms with Gasteiger partial charge in [-0.1, -0.05) is 18.2 Å². The van der Waals surface area contributed by atoms with E-state index in [1.165, 1.54) is 0 Å². The Balaban J connectivity index is 1.73. The molecule has 5 heteroatoms. The molecule has 150 valence electrons. The third-order valence-corrected chi connectivity index (χ3v) is 5.76. The number of benzene rings is 1. The van der Waals surface area contributed by atoms with Gasteiger partial charge < -0.3 is 15.2 Å². The summed E-state index contributed by atoms with van der Waals surface area (Å²) in [7, 11) is 2.13. The van der Waals surface area contributed by atoms with E-state index in [0.717, 1.165) is 46.9 Å². The number of nitrogens with zero attached hydrogens (tertiary/aromatic N) is 2. The number of rotatable bonds is 6. The summed E-state index contributed by atoms with van der Waals surface area (Å²) in [5.41, 5.74) is 5.67. The highest BCUT2D eigenvalue weighted by molar-refractivity contribution is 6.07. The summed E-state index contributed by atoms with van der Waals surface area (Å²) in [5, 5.41) is 3.50. The summed E-state index contributed by atoms with van der Waals surface area (Å²) >= 11 is 0. The van der Waals surface area contributed by atoms with Crippen molar-refractivity contribution in [3.63, 3.8) is 0 Å². The fourth-order valence-electron chi connectivity index (χ4n) is 4.01. The van der Waals surface area contributed by atoms with Crippen molar-refractivity contribution in [2.75, 3.05) is 18.9 Å². The molecule has 0 amide bonds. The molecule has 5 nitrogen and oxygen atoms in total. The van der Waals surface area contributed by atoms with Gasteiger partial charge in [-0.25, -0.2) is 0 Å². The minimum atomic E-state index is 0.211. The molecule has 2 N–H and O–H groups in total. The van der Waals surface area contributed by atoms with E-state index in [-0.39, 0.29) is 5.78 Å². The molecule has 2 heterocycles. The van der Waals surface area contributed by atoms with Crippen molar-refractivity contribution in [3.05, 3.63) is 66.1 Å². The normalized spacial score (nSPS) is 16.3. The number of pyridine rings is 1. The van der Waals surface area contributed by atoms with E-state index in [0.29, 0.717) is 18.4 Å². The maximum absolute atomic E-state index is 13.2. The monoisotopic (exact) mass is 388 g/mol. The molecule has 0 aliphatic heterocycles. The number of hydrogen-bond acceptors (Lipinski definition) is 4. The summed E-state index contributed by atoms with van der Waals surface area (Å²) in [6.45, 7) is 5.30. The van der Waals surface area contributed by atoms with Crippen LogP contribution in [0.15, 0.2) is 54.9 Å². The van der Waals surface area contributed by atoms with Crippen LogP contribution >= 0.6 is 0 Å². The number of Topliss-reactive ketones (excluding diaryl/α,β-unsaturated/α-hetero) is 1. The number of ketones is 1. The maximum atomic E-state index is 13.2. The van der Waals surface area contributed by atoms with Crippen LogP contribution in [0.25, 0.3) is 11.3 Å². The Morgan fingerprint density at radius 3 is 2.55 bits per heavy atom. The van der Waals surface area contributed by atoms with Crippen molar-refractivity contribution >= 4 is 17.2 Å². The van der Waals surface area contributed by atoms with Gasteiger partial charge in [-0.15, -0.1) is 0 Å². The molecular formula is C24H28N4O. The number of aromatic nitrogens is 2. The average Bonchev–Trinajstić information content (AvgIpc) is 3.08. The molecule has 1 unspecified atom stereocenters. The topological polar surface area (TPSA) is 61.0 Å². The smallest absolute Gasteiger partial charge is 0.167 e. The van der Waals surface area contributed by atoms with Gasteiger partial charge in [0.15, 0.2) is 5.78 Å². The SMILES string of the molecule is CC(C)N(C)CC1CC(=O)c2c([nH]c(-c3ccncc3)c2Nc2ccccc2)C1. The highest BCUT2D eigenvalue weighted by atomic mass is 16.1. The van der Waals surface area contributed by atoms with E-state index in [1.54, 1.807) is 12.4 Å². The molecule has 1 atom stereocenters. The molecule has 2 aromatic heterocycles. The molecule has 29 heavy (non-hydrogen) atoms. The highest BCUT2D eigenvalue weighted by Gasteiger charge is 2.32. The lowest BCUT2D eigenvalue weighted by atomic mass is 9.85. The molecular weight excluding hydrogens is 360 g/mol. The number of fused-ring (bicyclic) bond motifs is 1. The molecule has 0 bridgehead atoms. The van der Waals surface area contributed by atoms with Crippen LogP contribution in [0.2, 0.25) is 0 Å². The first-order valence-electron chi connectivity index (χ1n) is 10.2. The third-order valence-electron chi connectivity index (χ3n) is 5.76. The molecule has 4 rings (SSSR count). The molecule has 0 spiro atoms. The largest absolute Gasteiger partial charge is 0.356 e. The lowest BCUT2D eigenvalue weighted by molar-refractivity contribution is 0.0930. The number of carbonyl (C=O) groups is 1. The Morgan fingerprint density at radius 1 is 1.14 bits per heavy atom. The molecule has 0 fully saturated rings. The summed E-state index contributed by atoms with van der Waals surface area (Å²) in [5.74, 6) is 0.541. The van der Waals surface area contributed by atoms with Crippen molar-refractivity contribution in [1.29, 1.82) is 0 Å². The Labute approximate surface area is 172 Å². The van der Waals surface area contributed by atoms with E-state index in [2.05, 4.69) is 41.1 Å².